The highest BCUT2D eigenvalue weighted by atomic mass is 127. The maximum atomic E-state index is 12.9. The first-order valence-corrected chi connectivity index (χ1v) is 8.02. The van der Waals surface area contributed by atoms with Crippen LogP contribution in [0.5, 0.6) is 5.75 Å². The fraction of sp³-hybridized carbons (Fsp3) is 0.316. The quantitative estimate of drug-likeness (QED) is 0.392. The number of aliphatic imine (C=N–C) groups is 1. The second kappa shape index (κ2) is 10.9. The van der Waals surface area contributed by atoms with E-state index < -0.39 is 0 Å². The lowest BCUT2D eigenvalue weighted by Gasteiger charge is -2.12. The Morgan fingerprint density at radius 2 is 1.76 bits per heavy atom. The third-order valence-electron chi connectivity index (χ3n) is 3.60. The van der Waals surface area contributed by atoms with Gasteiger partial charge in [-0.05, 0) is 48.7 Å². The molecule has 2 aromatic carbocycles. The monoisotopic (exact) mass is 457 g/mol. The van der Waals surface area contributed by atoms with E-state index in [0.29, 0.717) is 13.1 Å². The summed E-state index contributed by atoms with van der Waals surface area (Å²) in [5.74, 6) is 1.38. The molecule has 0 saturated heterocycles. The number of methoxy groups -OCH3 is 1. The van der Waals surface area contributed by atoms with Crippen molar-refractivity contribution in [3.8, 4) is 5.75 Å². The molecular formula is C19H25FIN3O. The molecule has 136 valence electrons. The smallest absolute Gasteiger partial charge is 0.191 e. The van der Waals surface area contributed by atoms with Crippen molar-refractivity contribution < 1.29 is 9.13 Å². The highest BCUT2D eigenvalue weighted by Gasteiger charge is 2.02. The number of benzene rings is 2. The van der Waals surface area contributed by atoms with Gasteiger partial charge in [0, 0.05) is 13.1 Å². The van der Waals surface area contributed by atoms with E-state index in [-0.39, 0.29) is 29.8 Å². The van der Waals surface area contributed by atoms with Crippen molar-refractivity contribution in [2.45, 2.75) is 26.9 Å². The minimum atomic E-state index is -0.228. The molecule has 2 aromatic rings. The summed E-state index contributed by atoms with van der Waals surface area (Å²) < 4.78 is 18.2. The molecule has 4 nitrogen and oxygen atoms in total. The summed E-state index contributed by atoms with van der Waals surface area (Å²) in [6.45, 7) is 5.98. The number of nitrogens with one attached hydrogen (secondary N) is 2. The van der Waals surface area contributed by atoms with Gasteiger partial charge in [0.1, 0.15) is 11.6 Å². The molecule has 0 fully saturated rings. The van der Waals surface area contributed by atoms with E-state index in [1.807, 2.05) is 26.0 Å². The van der Waals surface area contributed by atoms with Crippen LogP contribution in [-0.2, 0) is 13.1 Å². The van der Waals surface area contributed by atoms with Crippen molar-refractivity contribution in [3.05, 3.63) is 65.0 Å². The van der Waals surface area contributed by atoms with Gasteiger partial charge in [-0.2, -0.15) is 0 Å². The summed E-state index contributed by atoms with van der Waals surface area (Å²) in [5.41, 5.74) is 3.21. The van der Waals surface area contributed by atoms with Crippen LogP contribution in [0.3, 0.4) is 0 Å². The Morgan fingerprint density at radius 3 is 2.36 bits per heavy atom. The standard InChI is InChI=1S/C19H24FN3O.HI/c1-4-21-19(22-12-15-5-8-17(20)9-6-15)23-13-16-7-10-18(24-3)14(2)11-16;/h5-11H,4,12-13H2,1-3H3,(H2,21,22,23);1H. The SMILES string of the molecule is CCNC(=NCc1ccc(OC)c(C)c1)NCc1ccc(F)cc1.I. The van der Waals surface area contributed by atoms with Crippen molar-refractivity contribution in [2.24, 2.45) is 4.99 Å². The van der Waals surface area contributed by atoms with Crippen molar-refractivity contribution in [1.82, 2.24) is 10.6 Å². The Labute approximate surface area is 165 Å². The van der Waals surface area contributed by atoms with Crippen LogP contribution in [0.4, 0.5) is 4.39 Å². The molecule has 0 aromatic heterocycles. The molecule has 25 heavy (non-hydrogen) atoms. The molecule has 6 heteroatoms. The number of halogens is 2. The molecule has 0 spiro atoms. The van der Waals surface area contributed by atoms with Crippen LogP contribution >= 0.6 is 24.0 Å². The normalized spacial score (nSPS) is 10.8. The second-order valence-corrected chi connectivity index (χ2v) is 5.48. The number of guanidine groups is 1. The molecule has 0 aliphatic rings. The summed E-state index contributed by atoms with van der Waals surface area (Å²) in [7, 11) is 1.67. The number of hydrogen-bond acceptors (Lipinski definition) is 2. The number of rotatable bonds is 6. The number of ether oxygens (including phenoxy) is 1. The summed E-state index contributed by atoms with van der Waals surface area (Å²) in [6, 6.07) is 12.5. The van der Waals surface area contributed by atoms with Gasteiger partial charge in [-0.3, -0.25) is 0 Å². The van der Waals surface area contributed by atoms with Gasteiger partial charge in [-0.25, -0.2) is 9.38 Å². The lowest BCUT2D eigenvalue weighted by molar-refractivity contribution is 0.411. The van der Waals surface area contributed by atoms with E-state index in [2.05, 4.69) is 21.7 Å². The molecule has 0 aliphatic carbocycles. The number of nitrogens with zero attached hydrogens (tertiary/aromatic N) is 1. The third-order valence-corrected chi connectivity index (χ3v) is 3.60. The summed E-state index contributed by atoms with van der Waals surface area (Å²) in [6.07, 6.45) is 0. The van der Waals surface area contributed by atoms with Gasteiger partial charge < -0.3 is 15.4 Å². The Hall–Kier alpha value is -1.83. The predicted molar refractivity (Wildman–Crippen MR) is 111 cm³/mol. The van der Waals surface area contributed by atoms with Crippen molar-refractivity contribution >= 4 is 29.9 Å². The summed E-state index contributed by atoms with van der Waals surface area (Å²) in [4.78, 5) is 4.59. The molecule has 2 rings (SSSR count). The molecule has 0 amide bonds. The lowest BCUT2D eigenvalue weighted by atomic mass is 10.1. The van der Waals surface area contributed by atoms with E-state index in [9.17, 15) is 4.39 Å². The summed E-state index contributed by atoms with van der Waals surface area (Å²) >= 11 is 0. The predicted octanol–water partition coefficient (Wildman–Crippen LogP) is 4.02. The molecular weight excluding hydrogens is 432 g/mol. The Bertz CT molecular complexity index is 690. The van der Waals surface area contributed by atoms with Gasteiger partial charge >= 0.3 is 0 Å². The van der Waals surface area contributed by atoms with E-state index in [4.69, 9.17) is 4.74 Å². The van der Waals surface area contributed by atoms with Crippen molar-refractivity contribution in [3.63, 3.8) is 0 Å². The highest BCUT2D eigenvalue weighted by molar-refractivity contribution is 14.0. The minimum Gasteiger partial charge on any atom is -0.496 e. The average Bonchev–Trinajstić information content (AvgIpc) is 2.59. The third kappa shape index (κ3) is 6.89. The van der Waals surface area contributed by atoms with Gasteiger partial charge in [-0.1, -0.05) is 24.3 Å². The largest absolute Gasteiger partial charge is 0.496 e. The van der Waals surface area contributed by atoms with Crippen LogP contribution in [0.25, 0.3) is 0 Å². The second-order valence-electron chi connectivity index (χ2n) is 5.48. The van der Waals surface area contributed by atoms with Crippen LogP contribution in [-0.4, -0.2) is 19.6 Å². The molecule has 0 heterocycles. The molecule has 0 atom stereocenters. The van der Waals surface area contributed by atoms with Crippen LogP contribution in [0.1, 0.15) is 23.6 Å². The van der Waals surface area contributed by atoms with Gasteiger partial charge in [0.05, 0.1) is 13.7 Å². The molecule has 0 radical (unpaired) electrons. The zero-order valence-electron chi connectivity index (χ0n) is 14.8. The van der Waals surface area contributed by atoms with Crippen molar-refractivity contribution in [2.75, 3.05) is 13.7 Å². The molecule has 0 bridgehead atoms. The first-order chi connectivity index (χ1) is 11.6. The number of hydrogen-bond donors (Lipinski definition) is 2. The van der Waals surface area contributed by atoms with E-state index in [1.54, 1.807) is 19.2 Å². The summed E-state index contributed by atoms with van der Waals surface area (Å²) in [5, 5.41) is 6.47. The Morgan fingerprint density at radius 1 is 1.08 bits per heavy atom. The Kier molecular flexibility index (Phi) is 9.26. The molecule has 0 unspecified atom stereocenters. The maximum Gasteiger partial charge on any atom is 0.191 e. The van der Waals surface area contributed by atoms with E-state index >= 15 is 0 Å². The Balaban J connectivity index is 0.00000312. The zero-order valence-corrected chi connectivity index (χ0v) is 17.1. The van der Waals surface area contributed by atoms with Gasteiger partial charge in [-0.15, -0.1) is 24.0 Å². The highest BCUT2D eigenvalue weighted by Crippen LogP contribution is 2.18. The van der Waals surface area contributed by atoms with E-state index in [1.165, 1.54) is 12.1 Å². The minimum absolute atomic E-state index is 0. The van der Waals surface area contributed by atoms with Gasteiger partial charge in [0.25, 0.3) is 0 Å². The maximum absolute atomic E-state index is 12.9. The van der Waals surface area contributed by atoms with Crippen molar-refractivity contribution in [1.29, 1.82) is 0 Å². The van der Waals surface area contributed by atoms with Gasteiger partial charge in [0.15, 0.2) is 5.96 Å². The zero-order chi connectivity index (χ0) is 17.4. The van der Waals surface area contributed by atoms with Crippen LogP contribution in [0, 0.1) is 12.7 Å². The first-order valence-electron chi connectivity index (χ1n) is 8.02. The molecule has 0 saturated carbocycles. The fourth-order valence-electron chi connectivity index (χ4n) is 2.34. The van der Waals surface area contributed by atoms with Crippen LogP contribution < -0.4 is 15.4 Å². The van der Waals surface area contributed by atoms with E-state index in [0.717, 1.165) is 34.9 Å². The van der Waals surface area contributed by atoms with Crippen LogP contribution in [0.2, 0.25) is 0 Å². The van der Waals surface area contributed by atoms with Gasteiger partial charge in [0.2, 0.25) is 0 Å². The molecule has 0 aliphatic heterocycles. The topological polar surface area (TPSA) is 45.7 Å². The lowest BCUT2D eigenvalue weighted by Crippen LogP contribution is -2.36. The first kappa shape index (κ1) is 21.2. The fourth-order valence-corrected chi connectivity index (χ4v) is 2.34. The number of aryl methyl sites for hydroxylation is 1. The average molecular weight is 457 g/mol. The molecule has 2 N–H and O–H groups in total. The van der Waals surface area contributed by atoms with Crippen LogP contribution in [0.15, 0.2) is 47.5 Å².